The molecule has 35 nitrogen and oxygen atoms in total. The van der Waals surface area contributed by atoms with Crippen LogP contribution in [0.1, 0.15) is 242 Å². The zero-order valence-electron chi connectivity index (χ0n) is 83.5. The maximum Gasteiger partial charge on any atom is 0.340 e. The number of hydrogen-bond acceptors (Lipinski definition) is 30. The summed E-state index contributed by atoms with van der Waals surface area (Å²) in [7, 11) is 0.530. The van der Waals surface area contributed by atoms with Crippen molar-refractivity contribution < 1.29 is 118 Å². The number of nitrogens with zero attached hydrogens (tertiary/aromatic N) is 4. The van der Waals surface area contributed by atoms with E-state index in [4.69, 9.17) is 85.5 Å². The maximum atomic E-state index is 13.0. The zero-order valence-corrected chi connectivity index (χ0v) is 85.3. The van der Waals surface area contributed by atoms with Crippen LogP contribution in [0.15, 0.2) is 143 Å². The van der Waals surface area contributed by atoms with Gasteiger partial charge in [-0.15, -0.1) is 0 Å². The molecule has 6 atom stereocenters. The highest BCUT2D eigenvalue weighted by molar-refractivity contribution is 7.46. The van der Waals surface area contributed by atoms with Gasteiger partial charge in [0.2, 0.25) is 17.7 Å². The molecule has 6 aromatic carbocycles. The van der Waals surface area contributed by atoms with Crippen molar-refractivity contribution in [2.45, 2.75) is 224 Å². The van der Waals surface area contributed by atoms with Crippen molar-refractivity contribution in [2.75, 3.05) is 80.2 Å². The summed E-state index contributed by atoms with van der Waals surface area (Å²) in [6.45, 7) is 38.1. The lowest BCUT2D eigenvalue weighted by molar-refractivity contribution is -0.143. The molecule has 0 aliphatic carbocycles. The van der Waals surface area contributed by atoms with E-state index in [-0.39, 0.29) is 67.5 Å². The number of hydrogen-bond donors (Lipinski definition) is 4. The van der Waals surface area contributed by atoms with Crippen LogP contribution in [0.2, 0.25) is 0 Å². The van der Waals surface area contributed by atoms with E-state index in [1.807, 2.05) is 64.7 Å². The third kappa shape index (κ3) is 29.8. The standard InChI is InChI=1S/C30H49N6O8P.2C30H28O7.C13H25N2O5P/c1-21(2)36(22(3)4)45(42-17-11-14-31)44-25-18-28(43-26(25)20-41-6)35-19-24(29(39)34-30(35)40)12-13-27(38)33-16-10-8-7-9-15-32-23(5)37;2*1-28(2,3)26(32)34-17-11-13-21-23(15-17)36-24-16-18(35-27(33)29(4,5)6)12-14-22(24)30(21)20-10-8-7-9-19(20)25(31)37-30;1-12(16)15-7-5-8-18-11-13(10-17-2)20-21(3)19-9-4-6-14/h12-13,19,21-22,25-26,28H,7-11,15-18,20H2,1-6H3,(H,32,37)(H,33,38)(H,34,39,40);2*7-16H,1-6H3;13H,4-5,7-11H2,1-3H3,(H,15,16)/b13-12+;;;/t25?,26-,28-,45?;;;/m1.../s1. The molecule has 0 radical (unpaired) electrons. The van der Waals surface area contributed by atoms with Crippen LogP contribution in [0, 0.1) is 44.3 Å². The first-order valence-electron chi connectivity index (χ1n) is 46.3. The molecule has 4 unspecified atom stereocenters. The summed E-state index contributed by atoms with van der Waals surface area (Å²) in [5.41, 5.74) is -1.91. The Hall–Kier alpha value is -11.9. The topological polar surface area (TPSA) is 443 Å². The van der Waals surface area contributed by atoms with Crippen molar-refractivity contribution in [3.8, 4) is 58.1 Å². The number of rotatable bonds is 37. The van der Waals surface area contributed by atoms with Crippen LogP contribution in [-0.4, -0.2) is 178 Å². The summed E-state index contributed by atoms with van der Waals surface area (Å²) in [6.07, 6.45) is 7.09. The van der Waals surface area contributed by atoms with Crippen LogP contribution in [0.25, 0.3) is 6.08 Å². The second kappa shape index (κ2) is 50.4. The average molecular weight is 1970 g/mol. The average Bonchev–Trinajstić information content (AvgIpc) is 1.43. The van der Waals surface area contributed by atoms with Gasteiger partial charge in [-0.2, -0.15) is 10.5 Å². The molecule has 5 aliphatic rings. The molecule has 0 bridgehead atoms. The van der Waals surface area contributed by atoms with Gasteiger partial charge in [0.1, 0.15) is 64.4 Å². The van der Waals surface area contributed by atoms with Crippen molar-refractivity contribution >= 4 is 76.5 Å². The fraction of sp³-hybridized carbons (Fsp3) is 0.485. The highest BCUT2D eigenvalue weighted by atomic mass is 31.2. The summed E-state index contributed by atoms with van der Waals surface area (Å²) in [4.78, 5) is 138. The lowest BCUT2D eigenvalue weighted by Crippen LogP contribution is -2.36. The fourth-order valence-electron chi connectivity index (χ4n) is 14.8. The minimum Gasteiger partial charge on any atom is -0.456 e. The number of ether oxygens (including phenoxy) is 12. The van der Waals surface area contributed by atoms with Gasteiger partial charge in [0, 0.05) is 149 Å². The first kappa shape index (κ1) is 112. The van der Waals surface area contributed by atoms with Crippen molar-refractivity contribution in [3.63, 3.8) is 0 Å². The van der Waals surface area contributed by atoms with Gasteiger partial charge < -0.3 is 90.9 Å². The Bertz CT molecular complexity index is 5410. The number of nitriles is 2. The Kier molecular flexibility index (Phi) is 40.2. The smallest absolute Gasteiger partial charge is 0.340 e. The number of unbranched alkanes of at least 4 members (excludes halogenated alkanes) is 3. The number of nitrogens with one attached hydrogen (secondary N) is 4. The van der Waals surface area contributed by atoms with Gasteiger partial charge >= 0.3 is 41.5 Å². The van der Waals surface area contributed by atoms with E-state index < -0.39 is 115 Å². The van der Waals surface area contributed by atoms with E-state index in [1.165, 1.54) is 36.8 Å². The minimum absolute atomic E-state index is 0.0401. The number of benzene rings is 6. The summed E-state index contributed by atoms with van der Waals surface area (Å²) in [6, 6.07) is 38.7. The van der Waals surface area contributed by atoms with Gasteiger partial charge in [0.05, 0.1) is 102 Å². The van der Waals surface area contributed by atoms with Crippen LogP contribution >= 0.6 is 16.9 Å². The molecule has 7 aromatic rings. The van der Waals surface area contributed by atoms with E-state index >= 15 is 0 Å². The second-order valence-corrected chi connectivity index (χ2v) is 40.9. The molecule has 12 rings (SSSR count). The lowest BCUT2D eigenvalue weighted by atomic mass is 9.77. The third-order valence-electron chi connectivity index (χ3n) is 21.8. The van der Waals surface area contributed by atoms with Gasteiger partial charge in [-0.05, 0) is 197 Å². The molecular formula is C103H130N8O27P2. The predicted octanol–water partition coefficient (Wildman–Crippen LogP) is 16.7. The minimum atomic E-state index is -1.57. The van der Waals surface area contributed by atoms with Crippen LogP contribution < -0.4 is 55.6 Å². The van der Waals surface area contributed by atoms with Crippen LogP contribution in [0.5, 0.6) is 46.0 Å². The van der Waals surface area contributed by atoms with Gasteiger partial charge in [-0.1, -0.05) is 49.2 Å². The summed E-state index contributed by atoms with van der Waals surface area (Å²) in [5.74, 6) is -0.331. The number of esters is 6. The molecular weight excluding hydrogens is 1840 g/mol. The number of methoxy groups -OCH3 is 2. The Labute approximate surface area is 819 Å². The van der Waals surface area contributed by atoms with E-state index in [0.717, 1.165) is 32.1 Å². The van der Waals surface area contributed by atoms with Crippen LogP contribution in [0.3, 0.4) is 0 Å². The van der Waals surface area contributed by atoms with Gasteiger partial charge in [0.15, 0.2) is 19.6 Å². The second-order valence-electron chi connectivity index (χ2n) is 38.2. The lowest BCUT2D eigenvalue weighted by Gasteiger charge is -2.37. The summed E-state index contributed by atoms with van der Waals surface area (Å²) < 4.78 is 96.3. The quantitative estimate of drug-likeness (QED) is 0.00923. The van der Waals surface area contributed by atoms with Crippen molar-refractivity contribution in [3.05, 3.63) is 205 Å². The Balaban J connectivity index is 0.000000214. The zero-order chi connectivity index (χ0) is 103. The SMILES string of the molecule is CC(C)(C)C(=O)Oc1ccc2c(c1)Oc1cc(OC(=O)C(C)(C)C)ccc1C21OC(=O)c2ccccc21.CC(C)(C)C(=O)Oc1ccc2c(c1)Oc1cc(OC(=O)C(C)(C)C)ccc1C21OC(=O)c2ccccc21.COCC(COCCCNC(C)=O)OP(C)OCCC#N.COC[C@H]1O[C@@H](n2cc(/C=C/C(=O)NCCCCCCNC(C)=O)c(=O)[nH]c2=O)CC1OP(OCCC#N)N(C(C)C)C(C)C. The Morgan fingerprint density at radius 2 is 0.957 bits per heavy atom. The third-order valence-corrected chi connectivity index (χ3v) is 25.1. The number of aromatic nitrogens is 2. The van der Waals surface area contributed by atoms with E-state index in [1.54, 1.807) is 194 Å². The van der Waals surface area contributed by atoms with Gasteiger partial charge in [-0.25, -0.2) is 19.1 Å². The monoisotopic (exact) mass is 1970 g/mol. The van der Waals surface area contributed by atoms with E-state index in [9.17, 15) is 52.7 Å². The molecule has 37 heteroatoms. The van der Waals surface area contributed by atoms with Gasteiger partial charge in [-0.3, -0.25) is 47.9 Å². The molecule has 0 saturated carbocycles. The molecule has 2 spiro atoms. The van der Waals surface area contributed by atoms with Crippen molar-refractivity contribution in [1.29, 1.82) is 10.5 Å². The van der Waals surface area contributed by atoms with Crippen LogP contribution in [0.4, 0.5) is 0 Å². The molecule has 140 heavy (non-hydrogen) atoms. The number of aromatic amines is 1. The number of H-pyrrole nitrogens is 1. The molecule has 1 fully saturated rings. The molecule has 4 N–H and O–H groups in total. The van der Waals surface area contributed by atoms with Crippen molar-refractivity contribution in [1.82, 2.24) is 30.2 Å². The van der Waals surface area contributed by atoms with E-state index in [0.29, 0.717) is 143 Å². The number of amides is 3. The molecule has 1 saturated heterocycles. The molecule has 5 aliphatic heterocycles. The highest BCUT2D eigenvalue weighted by Crippen LogP contribution is 2.60. The molecule has 3 amide bonds. The summed E-state index contributed by atoms with van der Waals surface area (Å²) >= 11 is 0. The Morgan fingerprint density at radius 1 is 0.543 bits per heavy atom. The number of fused-ring (bicyclic) bond motifs is 12. The normalized spacial score (nSPS) is 16.1. The number of carbonyl (C=O) groups excluding carboxylic acids is 9. The predicted molar refractivity (Wildman–Crippen MR) is 521 cm³/mol. The molecule has 6 heterocycles. The fourth-order valence-corrected chi connectivity index (χ4v) is 17.5. The van der Waals surface area contributed by atoms with Gasteiger partial charge in [0.25, 0.3) is 14.1 Å². The van der Waals surface area contributed by atoms with Crippen LogP contribution in [-0.2, 0) is 91.3 Å². The summed E-state index contributed by atoms with van der Waals surface area (Å²) in [5, 5.41) is 25.7. The maximum absolute atomic E-state index is 13.0. The molecule has 754 valence electrons. The number of carbonyl (C=O) groups is 9. The Morgan fingerprint density at radius 3 is 1.36 bits per heavy atom. The first-order chi connectivity index (χ1) is 66.2. The highest BCUT2D eigenvalue weighted by Gasteiger charge is 2.56. The molecule has 1 aromatic heterocycles. The first-order valence-corrected chi connectivity index (χ1v) is 49.1. The van der Waals surface area contributed by atoms with Crippen molar-refractivity contribution in [2.24, 2.45) is 21.7 Å². The largest absolute Gasteiger partial charge is 0.456 e. The van der Waals surface area contributed by atoms with E-state index in [2.05, 4.69) is 31.7 Å².